The number of Topliss-reactive ketones (excluding diaryl/α,β-unsaturated/α-hetero) is 2. The molecule has 0 bridgehead atoms. The minimum atomic E-state index is -0.948. The Labute approximate surface area is 165 Å². The number of fused-ring (bicyclic) bond motifs is 2. The van der Waals surface area contributed by atoms with E-state index in [4.69, 9.17) is 9.47 Å². The number of hydrogen-bond acceptors (Lipinski definition) is 6. The summed E-state index contributed by atoms with van der Waals surface area (Å²) in [4.78, 5) is 51.9. The van der Waals surface area contributed by atoms with Gasteiger partial charge >= 0.3 is 5.97 Å². The molecule has 6 nitrogen and oxygen atoms in total. The molecule has 6 heteroatoms. The van der Waals surface area contributed by atoms with Crippen LogP contribution in [-0.2, 0) is 28.7 Å². The molecule has 3 aliphatic rings. The molecule has 0 spiro atoms. The standard InChI is InChI=1S/C22H28O6/c1-11(2)13-16(24)14-12(10-23)19-21(3,15(14)17(25)18(13)27-5)8-7-9-22(19,4)20(26)28-6/h10-12,19H,7-9H2,1-6H3/t12-,19+,21+,22+/m0/s1. The van der Waals surface area contributed by atoms with Crippen LogP contribution < -0.4 is 0 Å². The minimum Gasteiger partial charge on any atom is -0.492 e. The van der Waals surface area contributed by atoms with Gasteiger partial charge in [-0.05, 0) is 31.6 Å². The SMILES string of the molecule is COC(=O)[C@]1(C)CCC[C@]2(C)C3=C(C(=O)C(C(C)C)=C(OC)C3=O)[C@H](C=O)[C@@H]12. The van der Waals surface area contributed by atoms with E-state index in [2.05, 4.69) is 0 Å². The van der Waals surface area contributed by atoms with E-state index in [-0.39, 0.29) is 28.8 Å². The number of carbonyl (C=O) groups is 4. The van der Waals surface area contributed by atoms with Crippen molar-refractivity contribution in [3.8, 4) is 0 Å². The monoisotopic (exact) mass is 388 g/mol. The van der Waals surface area contributed by atoms with Crippen LogP contribution >= 0.6 is 0 Å². The molecule has 0 aromatic carbocycles. The molecule has 1 fully saturated rings. The van der Waals surface area contributed by atoms with E-state index in [1.165, 1.54) is 14.2 Å². The van der Waals surface area contributed by atoms with Gasteiger partial charge in [0, 0.05) is 28.1 Å². The maximum Gasteiger partial charge on any atom is 0.311 e. The van der Waals surface area contributed by atoms with Crippen LogP contribution in [0.2, 0.25) is 0 Å². The highest BCUT2D eigenvalue weighted by molar-refractivity contribution is 6.27. The summed E-state index contributed by atoms with van der Waals surface area (Å²) in [6.07, 6.45) is 2.61. The molecule has 0 unspecified atom stereocenters. The molecule has 0 amide bonds. The lowest BCUT2D eigenvalue weighted by Crippen LogP contribution is -2.50. The van der Waals surface area contributed by atoms with Crippen LogP contribution in [0.15, 0.2) is 22.5 Å². The Bertz CT molecular complexity index is 832. The molecule has 1 saturated carbocycles. The molecule has 4 atom stereocenters. The van der Waals surface area contributed by atoms with Crippen molar-refractivity contribution in [3.05, 3.63) is 22.5 Å². The molecule has 0 radical (unpaired) electrons. The quantitative estimate of drug-likeness (QED) is 0.418. The Hall–Kier alpha value is -2.24. The first kappa shape index (κ1) is 20.5. The van der Waals surface area contributed by atoms with Gasteiger partial charge in [-0.2, -0.15) is 0 Å². The molecular formula is C22H28O6. The van der Waals surface area contributed by atoms with E-state index in [9.17, 15) is 19.2 Å². The van der Waals surface area contributed by atoms with Crippen molar-refractivity contribution in [3.63, 3.8) is 0 Å². The van der Waals surface area contributed by atoms with E-state index in [0.29, 0.717) is 30.4 Å². The van der Waals surface area contributed by atoms with Crippen LogP contribution in [-0.4, -0.2) is 38.0 Å². The summed E-state index contributed by atoms with van der Waals surface area (Å²) in [6.45, 7) is 7.33. The normalized spacial score (nSPS) is 35.1. The second-order valence-electron chi connectivity index (χ2n) is 8.87. The molecule has 3 aliphatic carbocycles. The maximum absolute atomic E-state index is 13.4. The lowest BCUT2D eigenvalue weighted by Gasteiger charge is -2.49. The molecule has 0 N–H and O–H groups in total. The Kier molecular flexibility index (Phi) is 4.89. The summed E-state index contributed by atoms with van der Waals surface area (Å²) in [5, 5.41) is 0. The second-order valence-corrected chi connectivity index (χ2v) is 8.87. The Morgan fingerprint density at radius 3 is 2.29 bits per heavy atom. The van der Waals surface area contributed by atoms with Gasteiger partial charge in [0.05, 0.1) is 19.6 Å². The zero-order chi connectivity index (χ0) is 21.0. The fourth-order valence-corrected chi connectivity index (χ4v) is 6.02. The smallest absolute Gasteiger partial charge is 0.311 e. The van der Waals surface area contributed by atoms with Crippen molar-refractivity contribution >= 4 is 23.8 Å². The summed E-state index contributed by atoms with van der Waals surface area (Å²) in [7, 11) is 2.72. The highest BCUT2D eigenvalue weighted by Crippen LogP contribution is 2.65. The van der Waals surface area contributed by atoms with Crippen LogP contribution in [0.3, 0.4) is 0 Å². The fraction of sp³-hybridized carbons (Fsp3) is 0.636. The van der Waals surface area contributed by atoms with Gasteiger partial charge < -0.3 is 14.3 Å². The molecule has 0 saturated heterocycles. The summed E-state index contributed by atoms with van der Waals surface area (Å²) in [6, 6.07) is 0. The number of esters is 1. The first-order valence-corrected chi connectivity index (χ1v) is 9.76. The summed E-state index contributed by atoms with van der Waals surface area (Å²) in [5.74, 6) is -2.51. The Morgan fingerprint density at radius 1 is 1.14 bits per heavy atom. The van der Waals surface area contributed by atoms with Gasteiger partial charge in [0.2, 0.25) is 5.78 Å². The van der Waals surface area contributed by atoms with Crippen LogP contribution in [0.5, 0.6) is 0 Å². The molecule has 28 heavy (non-hydrogen) atoms. The van der Waals surface area contributed by atoms with Crippen LogP contribution in [0.4, 0.5) is 0 Å². The van der Waals surface area contributed by atoms with E-state index in [1.807, 2.05) is 20.8 Å². The van der Waals surface area contributed by atoms with Crippen molar-refractivity contribution in [2.75, 3.05) is 14.2 Å². The number of aldehydes is 1. The number of carbonyl (C=O) groups excluding carboxylic acids is 4. The molecule has 0 aromatic heterocycles. The van der Waals surface area contributed by atoms with Crippen molar-refractivity contribution in [2.45, 2.75) is 47.0 Å². The van der Waals surface area contributed by atoms with Gasteiger partial charge in [0.15, 0.2) is 11.5 Å². The van der Waals surface area contributed by atoms with Crippen LogP contribution in [0, 0.1) is 28.6 Å². The van der Waals surface area contributed by atoms with E-state index in [0.717, 1.165) is 6.29 Å². The van der Waals surface area contributed by atoms with Gasteiger partial charge in [-0.15, -0.1) is 0 Å². The number of rotatable bonds is 4. The second kappa shape index (κ2) is 6.68. The summed E-state index contributed by atoms with van der Waals surface area (Å²) in [5.41, 5.74) is -0.790. The topological polar surface area (TPSA) is 86.7 Å². The van der Waals surface area contributed by atoms with E-state index in [1.54, 1.807) is 6.92 Å². The Balaban J connectivity index is 2.27. The summed E-state index contributed by atoms with van der Waals surface area (Å²) >= 11 is 0. The predicted octanol–water partition coefficient (Wildman–Crippen LogP) is 2.81. The van der Waals surface area contributed by atoms with Gasteiger partial charge in [-0.1, -0.05) is 27.2 Å². The average molecular weight is 388 g/mol. The first-order valence-electron chi connectivity index (χ1n) is 9.76. The third-order valence-corrected chi connectivity index (χ3v) is 7.04. The maximum atomic E-state index is 13.4. The number of ether oxygens (including phenoxy) is 2. The van der Waals surface area contributed by atoms with Crippen LogP contribution in [0.25, 0.3) is 0 Å². The molecule has 0 aliphatic heterocycles. The number of hydrogen-bond donors (Lipinski definition) is 0. The van der Waals surface area contributed by atoms with Crippen molar-refractivity contribution < 1.29 is 28.7 Å². The zero-order valence-electron chi connectivity index (χ0n) is 17.4. The highest BCUT2D eigenvalue weighted by Gasteiger charge is 2.65. The predicted molar refractivity (Wildman–Crippen MR) is 101 cm³/mol. The number of allylic oxidation sites excluding steroid dienone is 3. The average Bonchev–Trinajstić information content (AvgIpc) is 2.93. The van der Waals surface area contributed by atoms with Gasteiger partial charge in [0.1, 0.15) is 6.29 Å². The Morgan fingerprint density at radius 2 is 1.79 bits per heavy atom. The minimum absolute atomic E-state index is 0.0654. The van der Waals surface area contributed by atoms with Gasteiger partial charge in [0.25, 0.3) is 0 Å². The summed E-state index contributed by atoms with van der Waals surface area (Å²) < 4.78 is 10.4. The lowest BCUT2D eigenvalue weighted by atomic mass is 9.53. The van der Waals surface area contributed by atoms with Crippen molar-refractivity contribution in [1.82, 2.24) is 0 Å². The van der Waals surface area contributed by atoms with Gasteiger partial charge in [-0.25, -0.2) is 0 Å². The number of methoxy groups -OCH3 is 2. The number of ketones is 2. The fourth-order valence-electron chi connectivity index (χ4n) is 6.02. The van der Waals surface area contributed by atoms with E-state index < -0.39 is 28.6 Å². The third-order valence-electron chi connectivity index (χ3n) is 7.04. The van der Waals surface area contributed by atoms with Crippen molar-refractivity contribution in [2.24, 2.45) is 28.6 Å². The highest BCUT2D eigenvalue weighted by atomic mass is 16.5. The molecule has 3 rings (SSSR count). The van der Waals surface area contributed by atoms with Crippen LogP contribution in [0.1, 0.15) is 47.0 Å². The first-order chi connectivity index (χ1) is 13.1. The molecule has 0 aromatic rings. The molecular weight excluding hydrogens is 360 g/mol. The largest absolute Gasteiger partial charge is 0.492 e. The zero-order valence-corrected chi connectivity index (χ0v) is 17.4. The van der Waals surface area contributed by atoms with Gasteiger partial charge in [-0.3, -0.25) is 14.4 Å². The lowest BCUT2D eigenvalue weighted by molar-refractivity contribution is -0.163. The third kappa shape index (κ3) is 2.39. The van der Waals surface area contributed by atoms with Crippen molar-refractivity contribution in [1.29, 1.82) is 0 Å². The van der Waals surface area contributed by atoms with E-state index >= 15 is 0 Å². The molecule has 152 valence electrons. The molecule has 0 heterocycles.